The summed E-state index contributed by atoms with van der Waals surface area (Å²) < 4.78 is 0. The highest BCUT2D eigenvalue weighted by atomic mass is 32.1. The Morgan fingerprint density at radius 3 is 2.07 bits per heavy atom. The number of rotatable bonds is 12. The third-order valence-electron chi connectivity index (χ3n) is 5.82. The Bertz CT molecular complexity index is 1390. The number of pyridine rings is 2. The van der Waals surface area contributed by atoms with Gasteiger partial charge in [-0.15, -0.1) is 11.3 Å². The number of amides is 5. The van der Waals surface area contributed by atoms with Gasteiger partial charge in [-0.25, -0.2) is 9.78 Å². The molecule has 3 aromatic rings. The van der Waals surface area contributed by atoms with Crippen LogP contribution in [-0.2, 0) is 27.5 Å². The summed E-state index contributed by atoms with van der Waals surface area (Å²) in [5, 5.41) is 24.0. The van der Waals surface area contributed by atoms with Crippen LogP contribution in [0.4, 0.5) is 9.93 Å². The van der Waals surface area contributed by atoms with Crippen molar-refractivity contribution in [3.05, 3.63) is 71.3 Å². The van der Waals surface area contributed by atoms with Gasteiger partial charge in [0, 0.05) is 17.8 Å². The van der Waals surface area contributed by atoms with Crippen molar-refractivity contribution in [3.63, 3.8) is 0 Å². The van der Waals surface area contributed by atoms with Gasteiger partial charge in [0.1, 0.15) is 11.7 Å². The molecule has 0 aromatic carbocycles. The highest BCUT2D eigenvalue weighted by Crippen LogP contribution is 2.29. The van der Waals surface area contributed by atoms with Crippen LogP contribution >= 0.6 is 11.3 Å². The molecule has 0 aliphatic heterocycles. The summed E-state index contributed by atoms with van der Waals surface area (Å²) >= 11 is 1.01. The second-order valence-electron chi connectivity index (χ2n) is 10.1. The minimum atomic E-state index is -1.43. The van der Waals surface area contributed by atoms with E-state index < -0.39 is 53.6 Å². The van der Waals surface area contributed by atoms with Crippen molar-refractivity contribution in [3.8, 4) is 0 Å². The number of carbonyl (C=O) groups excluding carboxylic acids is 4. The first-order valence-corrected chi connectivity index (χ1v) is 13.7. The molecule has 0 aliphatic rings. The van der Waals surface area contributed by atoms with Crippen molar-refractivity contribution in [2.45, 2.75) is 39.9 Å². The van der Waals surface area contributed by atoms with Crippen LogP contribution < -0.4 is 26.6 Å². The molecular weight excluding hydrogens is 564 g/mol. The standard InChI is InChI=1S/C27H32N8O6S/c1-27(2,3)20(24(39)40)21(23(38)30-12-16-8-4-6-10-28-16)34-19(36)14-31-22(37)18-15-42-26(33-18)35-25(41)32-13-17-9-5-7-11-29-17/h4-11,15,20-21H,12-14H2,1-3H3,(H,30,38)(H,31,37)(H,34,36)(H,39,40)(H2,32,33,35,41)/t20-,21?/m0/s1. The van der Waals surface area contributed by atoms with Crippen LogP contribution in [0.1, 0.15) is 42.6 Å². The number of nitrogens with one attached hydrogen (secondary N) is 5. The van der Waals surface area contributed by atoms with E-state index in [9.17, 15) is 29.1 Å². The minimum absolute atomic E-state index is 0.0284. The average molecular weight is 597 g/mol. The number of carboxylic acid groups (broad SMARTS) is 1. The van der Waals surface area contributed by atoms with Crippen LogP contribution in [-0.4, -0.2) is 62.4 Å². The third-order valence-corrected chi connectivity index (χ3v) is 6.58. The lowest BCUT2D eigenvalue weighted by Crippen LogP contribution is -2.57. The molecule has 0 saturated carbocycles. The molecule has 3 aromatic heterocycles. The summed E-state index contributed by atoms with van der Waals surface area (Å²) in [5.41, 5.74) is 0.267. The first kappa shape index (κ1) is 31.6. The lowest BCUT2D eigenvalue weighted by Gasteiger charge is -2.33. The molecule has 6 N–H and O–H groups in total. The van der Waals surface area contributed by atoms with E-state index in [0.717, 1.165) is 11.3 Å². The predicted octanol–water partition coefficient (Wildman–Crippen LogP) is 1.53. The number of carboxylic acids is 1. The summed E-state index contributed by atoms with van der Waals surface area (Å²) in [4.78, 5) is 74.9. The maximum atomic E-state index is 13.1. The topological polar surface area (TPSA) is 204 Å². The highest BCUT2D eigenvalue weighted by molar-refractivity contribution is 7.14. The SMILES string of the molecule is CC(C)(C)[C@H](C(=O)O)C(NC(=O)CNC(=O)c1csc(NC(=O)NCc2ccccn2)n1)C(=O)NCc1ccccn1. The van der Waals surface area contributed by atoms with Crippen LogP contribution in [0.5, 0.6) is 0 Å². The number of thiazole rings is 1. The van der Waals surface area contributed by atoms with Gasteiger partial charge in [0.15, 0.2) is 5.13 Å². The molecule has 1 unspecified atom stereocenters. The fraction of sp³-hybridized carbons (Fsp3) is 0.333. The first-order valence-electron chi connectivity index (χ1n) is 12.8. The lowest BCUT2D eigenvalue weighted by molar-refractivity contribution is -0.150. The molecule has 0 saturated heterocycles. The van der Waals surface area contributed by atoms with Gasteiger partial charge in [0.2, 0.25) is 11.8 Å². The van der Waals surface area contributed by atoms with Gasteiger partial charge in [-0.3, -0.25) is 34.5 Å². The molecule has 222 valence electrons. The number of aromatic nitrogens is 3. The molecule has 5 amide bonds. The Morgan fingerprint density at radius 1 is 0.905 bits per heavy atom. The van der Waals surface area contributed by atoms with Crippen LogP contribution in [0.3, 0.4) is 0 Å². The number of aliphatic carboxylic acids is 1. The van der Waals surface area contributed by atoms with Gasteiger partial charge in [0.25, 0.3) is 5.91 Å². The molecule has 0 fully saturated rings. The van der Waals surface area contributed by atoms with E-state index in [2.05, 4.69) is 41.5 Å². The predicted molar refractivity (Wildman–Crippen MR) is 153 cm³/mol. The Morgan fingerprint density at radius 2 is 1.52 bits per heavy atom. The molecule has 3 rings (SSSR count). The molecule has 0 bridgehead atoms. The molecule has 0 spiro atoms. The van der Waals surface area contributed by atoms with E-state index in [0.29, 0.717) is 11.4 Å². The Hall–Kier alpha value is -4.92. The fourth-order valence-electron chi connectivity index (χ4n) is 3.83. The zero-order chi connectivity index (χ0) is 30.7. The molecule has 0 radical (unpaired) electrons. The smallest absolute Gasteiger partial charge is 0.321 e. The van der Waals surface area contributed by atoms with Gasteiger partial charge in [-0.2, -0.15) is 0 Å². The summed E-state index contributed by atoms with van der Waals surface area (Å²) in [6.07, 6.45) is 3.16. The number of urea groups is 1. The number of hydrogen-bond donors (Lipinski definition) is 6. The largest absolute Gasteiger partial charge is 0.481 e. The molecule has 0 aliphatic carbocycles. The van der Waals surface area contributed by atoms with Gasteiger partial charge in [-0.05, 0) is 29.7 Å². The zero-order valence-electron chi connectivity index (χ0n) is 23.2. The normalized spacial score (nSPS) is 12.4. The number of hydrogen-bond acceptors (Lipinski definition) is 9. The van der Waals surface area contributed by atoms with Crippen LogP contribution in [0.15, 0.2) is 54.2 Å². The summed E-state index contributed by atoms with van der Waals surface area (Å²) in [5.74, 6) is -4.74. The second kappa shape index (κ2) is 14.6. The van der Waals surface area contributed by atoms with Crippen LogP contribution in [0, 0.1) is 11.3 Å². The highest BCUT2D eigenvalue weighted by Gasteiger charge is 2.42. The van der Waals surface area contributed by atoms with E-state index >= 15 is 0 Å². The average Bonchev–Trinajstić information content (AvgIpc) is 3.42. The maximum absolute atomic E-state index is 13.1. The number of nitrogens with zero attached hydrogens (tertiary/aromatic N) is 3. The molecule has 15 heteroatoms. The van der Waals surface area contributed by atoms with Gasteiger partial charge < -0.3 is 26.4 Å². The van der Waals surface area contributed by atoms with E-state index in [1.165, 1.54) is 5.38 Å². The van der Waals surface area contributed by atoms with E-state index in [1.54, 1.807) is 69.6 Å². The van der Waals surface area contributed by atoms with Gasteiger partial charge in [-0.1, -0.05) is 32.9 Å². The monoisotopic (exact) mass is 596 g/mol. The minimum Gasteiger partial charge on any atom is -0.481 e. The zero-order valence-corrected chi connectivity index (χ0v) is 24.0. The van der Waals surface area contributed by atoms with E-state index in [1.807, 2.05) is 0 Å². The Balaban J connectivity index is 1.56. The molecule has 2 atom stereocenters. The van der Waals surface area contributed by atoms with Crippen LogP contribution in [0.25, 0.3) is 0 Å². The Labute approximate surface area is 245 Å². The number of carbonyl (C=O) groups is 5. The fourth-order valence-corrected chi connectivity index (χ4v) is 4.52. The van der Waals surface area contributed by atoms with Crippen molar-refractivity contribution in [1.29, 1.82) is 0 Å². The van der Waals surface area contributed by atoms with E-state index in [-0.39, 0.29) is 23.9 Å². The first-order chi connectivity index (χ1) is 19.9. The van der Waals surface area contributed by atoms with Gasteiger partial charge >= 0.3 is 12.0 Å². The molecule has 3 heterocycles. The molecule has 14 nitrogen and oxygen atoms in total. The van der Waals surface area contributed by atoms with E-state index in [4.69, 9.17) is 0 Å². The van der Waals surface area contributed by atoms with Gasteiger partial charge in [0.05, 0.1) is 36.9 Å². The second-order valence-corrected chi connectivity index (χ2v) is 11.0. The third kappa shape index (κ3) is 9.62. The van der Waals surface area contributed by atoms with Crippen molar-refractivity contribution in [2.24, 2.45) is 11.3 Å². The maximum Gasteiger partial charge on any atom is 0.321 e. The van der Waals surface area contributed by atoms with Crippen molar-refractivity contribution in [1.82, 2.24) is 36.2 Å². The van der Waals surface area contributed by atoms with Crippen molar-refractivity contribution in [2.75, 3.05) is 11.9 Å². The van der Waals surface area contributed by atoms with Crippen LogP contribution in [0.2, 0.25) is 0 Å². The quantitative estimate of drug-likeness (QED) is 0.179. The van der Waals surface area contributed by atoms with Crippen molar-refractivity contribution >= 4 is 46.2 Å². The Kier molecular flexibility index (Phi) is 11.0. The van der Waals surface area contributed by atoms with Crippen molar-refractivity contribution < 1.29 is 29.1 Å². The summed E-state index contributed by atoms with van der Waals surface area (Å²) in [6.45, 7) is 4.60. The molecular formula is C27H32N8O6S. The molecule has 42 heavy (non-hydrogen) atoms. The summed E-state index contributed by atoms with van der Waals surface area (Å²) in [7, 11) is 0. The lowest BCUT2D eigenvalue weighted by atomic mass is 9.75. The summed E-state index contributed by atoms with van der Waals surface area (Å²) in [6, 6.07) is 8.48. The number of anilines is 1.